The second kappa shape index (κ2) is 7.58. The molecule has 0 spiro atoms. The SMILES string of the molecule is Cc1c(N2CCCC(C(=O)Nc3ccccc3)C2)nn2c(C(F)(F)F)nnc2c1C. The molecule has 3 aromatic rings. The van der Waals surface area contributed by atoms with Gasteiger partial charge in [0.15, 0.2) is 11.5 Å². The maximum Gasteiger partial charge on any atom is 0.453 e. The number of aryl methyl sites for hydroxylation is 1. The Balaban J connectivity index is 1.63. The van der Waals surface area contributed by atoms with Crippen LogP contribution in [0.1, 0.15) is 29.8 Å². The molecule has 1 atom stereocenters. The first-order valence-corrected chi connectivity index (χ1v) is 9.66. The molecule has 30 heavy (non-hydrogen) atoms. The number of hydrogen-bond donors (Lipinski definition) is 1. The molecule has 0 saturated carbocycles. The van der Waals surface area contributed by atoms with E-state index in [4.69, 9.17) is 0 Å². The number of fused-ring (bicyclic) bond motifs is 1. The van der Waals surface area contributed by atoms with Gasteiger partial charge in [-0.2, -0.15) is 17.7 Å². The van der Waals surface area contributed by atoms with E-state index >= 15 is 0 Å². The largest absolute Gasteiger partial charge is 0.453 e. The van der Waals surface area contributed by atoms with Crippen molar-refractivity contribution >= 4 is 23.1 Å². The first-order valence-electron chi connectivity index (χ1n) is 9.66. The molecule has 0 aliphatic carbocycles. The van der Waals surface area contributed by atoms with Crippen molar-refractivity contribution in [3.63, 3.8) is 0 Å². The number of carbonyl (C=O) groups excluding carboxylic acids is 1. The molecule has 1 amide bonds. The normalized spacial score (nSPS) is 17.4. The van der Waals surface area contributed by atoms with Crippen LogP contribution in [0.15, 0.2) is 30.3 Å². The van der Waals surface area contributed by atoms with Crippen molar-refractivity contribution in [1.29, 1.82) is 0 Å². The maximum atomic E-state index is 13.3. The zero-order valence-corrected chi connectivity index (χ0v) is 16.6. The molecule has 1 aliphatic rings. The lowest BCUT2D eigenvalue weighted by molar-refractivity contribution is -0.146. The van der Waals surface area contributed by atoms with Gasteiger partial charge < -0.3 is 10.2 Å². The number of aromatic nitrogens is 4. The van der Waals surface area contributed by atoms with Crippen LogP contribution in [0.25, 0.3) is 5.65 Å². The Morgan fingerprint density at radius 1 is 1.13 bits per heavy atom. The Hall–Kier alpha value is -3.17. The van der Waals surface area contributed by atoms with E-state index in [0.717, 1.165) is 16.5 Å². The number of piperidine rings is 1. The summed E-state index contributed by atoms with van der Waals surface area (Å²) in [5.74, 6) is -1.14. The van der Waals surface area contributed by atoms with Gasteiger partial charge in [-0.15, -0.1) is 15.3 Å². The topological polar surface area (TPSA) is 75.4 Å². The molecule has 1 N–H and O–H groups in total. The van der Waals surface area contributed by atoms with Gasteiger partial charge in [-0.3, -0.25) is 4.79 Å². The highest BCUT2D eigenvalue weighted by Gasteiger charge is 2.38. The van der Waals surface area contributed by atoms with Gasteiger partial charge in [0.2, 0.25) is 5.91 Å². The molecule has 0 radical (unpaired) electrons. The van der Waals surface area contributed by atoms with Gasteiger partial charge in [0.25, 0.3) is 5.82 Å². The highest BCUT2D eigenvalue weighted by atomic mass is 19.4. The summed E-state index contributed by atoms with van der Waals surface area (Å²) in [6.45, 7) is 4.49. The van der Waals surface area contributed by atoms with Gasteiger partial charge in [0.1, 0.15) is 0 Å². The fourth-order valence-corrected chi connectivity index (χ4v) is 3.74. The molecule has 1 aliphatic heterocycles. The number of amides is 1. The minimum absolute atomic E-state index is 0.0824. The van der Waals surface area contributed by atoms with Crippen LogP contribution >= 0.6 is 0 Å². The van der Waals surface area contributed by atoms with E-state index < -0.39 is 12.0 Å². The van der Waals surface area contributed by atoms with Crippen LogP contribution in [0.4, 0.5) is 24.7 Å². The second-order valence-corrected chi connectivity index (χ2v) is 7.47. The van der Waals surface area contributed by atoms with E-state index in [-0.39, 0.29) is 17.5 Å². The lowest BCUT2D eigenvalue weighted by Crippen LogP contribution is -2.41. The maximum absolute atomic E-state index is 13.3. The summed E-state index contributed by atoms with van der Waals surface area (Å²) in [5.41, 5.74) is 2.11. The minimum Gasteiger partial charge on any atom is -0.354 e. The van der Waals surface area contributed by atoms with Crippen molar-refractivity contribution in [3.05, 3.63) is 47.3 Å². The number of rotatable bonds is 3. The number of anilines is 2. The monoisotopic (exact) mass is 418 g/mol. The summed E-state index contributed by atoms with van der Waals surface area (Å²) in [7, 11) is 0. The third kappa shape index (κ3) is 3.69. The average molecular weight is 418 g/mol. The number of nitrogens with zero attached hydrogens (tertiary/aromatic N) is 5. The fraction of sp³-hybridized carbons (Fsp3) is 0.400. The molecule has 158 valence electrons. The highest BCUT2D eigenvalue weighted by Crippen LogP contribution is 2.32. The molecule has 10 heteroatoms. The van der Waals surface area contributed by atoms with Crippen LogP contribution in [-0.4, -0.2) is 38.8 Å². The smallest absolute Gasteiger partial charge is 0.354 e. The summed E-state index contributed by atoms with van der Waals surface area (Å²) in [6.07, 6.45) is -3.22. The van der Waals surface area contributed by atoms with Crippen LogP contribution in [0.3, 0.4) is 0 Å². The Kier molecular flexibility index (Phi) is 5.08. The number of alkyl halides is 3. The highest BCUT2D eigenvalue weighted by molar-refractivity contribution is 5.93. The van der Waals surface area contributed by atoms with E-state index in [9.17, 15) is 18.0 Å². The molecule has 1 saturated heterocycles. The molecule has 2 aromatic heterocycles. The average Bonchev–Trinajstić information content (AvgIpc) is 3.16. The standard InChI is InChI=1S/C20H21F3N6O/c1-12-13(2)17(27-29-16(12)25-26-19(29)20(21,22)23)28-10-6-7-14(11-28)18(30)24-15-8-4-3-5-9-15/h3-5,8-9,14H,6-7,10-11H2,1-2H3,(H,24,30). The molecule has 0 bridgehead atoms. The van der Waals surface area contributed by atoms with Gasteiger partial charge in [0.05, 0.1) is 5.92 Å². The third-order valence-corrected chi connectivity index (χ3v) is 5.46. The van der Waals surface area contributed by atoms with Crippen molar-refractivity contribution in [3.8, 4) is 0 Å². The minimum atomic E-state index is -4.66. The predicted octanol–water partition coefficient (Wildman–Crippen LogP) is 3.62. The molecular formula is C20H21F3N6O. The second-order valence-electron chi connectivity index (χ2n) is 7.47. The lowest BCUT2D eigenvalue weighted by Gasteiger charge is -2.34. The number of hydrogen-bond acceptors (Lipinski definition) is 5. The van der Waals surface area contributed by atoms with E-state index in [1.165, 1.54) is 0 Å². The van der Waals surface area contributed by atoms with E-state index in [1.54, 1.807) is 13.8 Å². The molecule has 7 nitrogen and oxygen atoms in total. The molecule has 1 aromatic carbocycles. The zero-order valence-electron chi connectivity index (χ0n) is 16.6. The third-order valence-electron chi connectivity index (χ3n) is 5.46. The van der Waals surface area contributed by atoms with E-state index in [0.29, 0.717) is 36.6 Å². The van der Waals surface area contributed by atoms with Crippen molar-refractivity contribution < 1.29 is 18.0 Å². The van der Waals surface area contributed by atoms with Crippen LogP contribution in [0, 0.1) is 19.8 Å². The number of halogens is 3. The summed E-state index contributed by atoms with van der Waals surface area (Å²) in [5, 5.41) is 14.1. The Bertz CT molecular complexity index is 1080. The molecule has 1 fully saturated rings. The first kappa shape index (κ1) is 20.1. The summed E-state index contributed by atoms with van der Waals surface area (Å²) in [6, 6.07) is 9.17. The van der Waals surface area contributed by atoms with Crippen LogP contribution in [-0.2, 0) is 11.0 Å². The van der Waals surface area contributed by atoms with Gasteiger partial charge >= 0.3 is 6.18 Å². The Morgan fingerprint density at radius 3 is 2.57 bits per heavy atom. The number of para-hydroxylation sites is 1. The van der Waals surface area contributed by atoms with Gasteiger partial charge in [0, 0.05) is 29.9 Å². The quantitative estimate of drug-likeness (QED) is 0.703. The van der Waals surface area contributed by atoms with E-state index in [1.807, 2.05) is 35.2 Å². The van der Waals surface area contributed by atoms with Gasteiger partial charge in [-0.1, -0.05) is 18.2 Å². The van der Waals surface area contributed by atoms with Gasteiger partial charge in [-0.05, 0) is 38.8 Å². The predicted molar refractivity (Wildman–Crippen MR) is 105 cm³/mol. The van der Waals surface area contributed by atoms with Crippen LogP contribution in [0.5, 0.6) is 0 Å². The number of carbonyl (C=O) groups is 1. The van der Waals surface area contributed by atoms with Crippen molar-refractivity contribution in [2.75, 3.05) is 23.3 Å². The van der Waals surface area contributed by atoms with Crippen molar-refractivity contribution in [1.82, 2.24) is 19.8 Å². The molecule has 4 rings (SSSR count). The summed E-state index contributed by atoms with van der Waals surface area (Å²) in [4.78, 5) is 14.6. The van der Waals surface area contributed by atoms with Crippen molar-refractivity contribution in [2.45, 2.75) is 32.9 Å². The Labute approximate surface area is 170 Å². The summed E-state index contributed by atoms with van der Waals surface area (Å²) >= 11 is 0. The fourth-order valence-electron chi connectivity index (χ4n) is 3.74. The van der Waals surface area contributed by atoms with Crippen molar-refractivity contribution in [2.24, 2.45) is 5.92 Å². The zero-order chi connectivity index (χ0) is 21.5. The Morgan fingerprint density at radius 2 is 1.87 bits per heavy atom. The van der Waals surface area contributed by atoms with Crippen LogP contribution in [0.2, 0.25) is 0 Å². The van der Waals surface area contributed by atoms with E-state index in [2.05, 4.69) is 20.6 Å². The number of benzene rings is 1. The first-order chi connectivity index (χ1) is 14.3. The molecule has 1 unspecified atom stereocenters. The van der Waals surface area contributed by atoms with Crippen LogP contribution < -0.4 is 10.2 Å². The lowest BCUT2D eigenvalue weighted by atomic mass is 9.96. The molecular weight excluding hydrogens is 397 g/mol. The number of nitrogens with one attached hydrogen (secondary N) is 1. The molecule has 3 heterocycles. The van der Waals surface area contributed by atoms with Gasteiger partial charge in [-0.25, -0.2) is 0 Å². The summed E-state index contributed by atoms with van der Waals surface area (Å²) < 4.78 is 40.7.